The maximum absolute atomic E-state index is 12.7. The highest BCUT2D eigenvalue weighted by Crippen LogP contribution is 2.41. The van der Waals surface area contributed by atoms with Gasteiger partial charge >= 0.3 is 6.18 Å². The highest BCUT2D eigenvalue weighted by Gasteiger charge is 2.34. The van der Waals surface area contributed by atoms with Crippen molar-refractivity contribution < 1.29 is 17.9 Å². The lowest BCUT2D eigenvalue weighted by Crippen LogP contribution is -2.14. The van der Waals surface area contributed by atoms with Crippen molar-refractivity contribution in [3.05, 3.63) is 29.3 Å². The van der Waals surface area contributed by atoms with Gasteiger partial charge in [-0.3, -0.25) is 0 Å². The molecule has 18 heavy (non-hydrogen) atoms. The molecule has 0 amide bonds. The van der Waals surface area contributed by atoms with Crippen molar-refractivity contribution in [1.82, 2.24) is 0 Å². The summed E-state index contributed by atoms with van der Waals surface area (Å²) in [5.41, 5.74) is 5.71. The summed E-state index contributed by atoms with van der Waals surface area (Å²) in [4.78, 5) is 0. The van der Waals surface area contributed by atoms with Gasteiger partial charge in [-0.1, -0.05) is 0 Å². The van der Waals surface area contributed by atoms with Crippen LogP contribution < -0.4 is 10.5 Å². The average Bonchev–Trinajstić information content (AvgIpc) is 3.10. The lowest BCUT2D eigenvalue weighted by Gasteiger charge is -2.15. The standard InChI is InChI=1S/C12H14F3NO.ClH/c1-17-10-5-8(11(16)7-2-3-7)4-9(6-10)12(13,14)15;/h4-7,11H,2-3,16H2,1H3;1H/t11-;/m0./s1. The molecule has 102 valence electrons. The van der Waals surface area contributed by atoms with E-state index in [-0.39, 0.29) is 24.2 Å². The summed E-state index contributed by atoms with van der Waals surface area (Å²) in [6.07, 6.45) is -2.40. The first kappa shape index (κ1) is 15.1. The Morgan fingerprint density at radius 1 is 1.28 bits per heavy atom. The van der Waals surface area contributed by atoms with Crippen LogP contribution in [-0.4, -0.2) is 7.11 Å². The first-order valence-electron chi connectivity index (χ1n) is 5.43. The largest absolute Gasteiger partial charge is 0.497 e. The molecule has 0 unspecified atom stereocenters. The molecular weight excluding hydrogens is 267 g/mol. The molecule has 1 aromatic rings. The summed E-state index contributed by atoms with van der Waals surface area (Å²) in [6.45, 7) is 0. The number of methoxy groups -OCH3 is 1. The minimum atomic E-state index is -4.37. The minimum Gasteiger partial charge on any atom is -0.497 e. The van der Waals surface area contributed by atoms with Gasteiger partial charge in [0, 0.05) is 6.04 Å². The molecule has 1 saturated carbocycles. The summed E-state index contributed by atoms with van der Waals surface area (Å²) >= 11 is 0. The predicted octanol–water partition coefficient (Wildman–Crippen LogP) is 3.55. The number of ether oxygens (including phenoxy) is 1. The van der Waals surface area contributed by atoms with Crippen LogP contribution in [0.1, 0.15) is 30.0 Å². The molecule has 0 aromatic heterocycles. The Bertz CT molecular complexity index is 418. The van der Waals surface area contributed by atoms with Crippen molar-refractivity contribution in [3.63, 3.8) is 0 Å². The summed E-state index contributed by atoms with van der Waals surface area (Å²) in [6, 6.07) is 3.36. The molecule has 6 heteroatoms. The second-order valence-corrected chi connectivity index (χ2v) is 4.36. The summed E-state index contributed by atoms with van der Waals surface area (Å²) in [7, 11) is 1.35. The Hall–Kier alpha value is -0.940. The molecule has 1 aromatic carbocycles. The first-order valence-corrected chi connectivity index (χ1v) is 5.43. The van der Waals surface area contributed by atoms with E-state index in [0.29, 0.717) is 11.5 Å². The van der Waals surface area contributed by atoms with E-state index < -0.39 is 11.7 Å². The van der Waals surface area contributed by atoms with E-state index in [2.05, 4.69) is 0 Å². The number of hydrogen-bond acceptors (Lipinski definition) is 2. The van der Waals surface area contributed by atoms with Crippen molar-refractivity contribution >= 4 is 12.4 Å². The molecule has 0 saturated heterocycles. The zero-order valence-electron chi connectivity index (χ0n) is 9.83. The van der Waals surface area contributed by atoms with Gasteiger partial charge in [-0.25, -0.2) is 0 Å². The number of halogens is 4. The number of benzene rings is 1. The summed E-state index contributed by atoms with van der Waals surface area (Å²) in [5, 5.41) is 0. The van der Waals surface area contributed by atoms with E-state index in [9.17, 15) is 13.2 Å². The van der Waals surface area contributed by atoms with Crippen LogP contribution in [0.4, 0.5) is 13.2 Å². The number of hydrogen-bond donors (Lipinski definition) is 1. The van der Waals surface area contributed by atoms with Crippen LogP contribution in [0.2, 0.25) is 0 Å². The first-order chi connectivity index (χ1) is 7.91. The maximum atomic E-state index is 12.7. The highest BCUT2D eigenvalue weighted by atomic mass is 35.5. The molecule has 1 aliphatic rings. The van der Waals surface area contributed by atoms with Crippen LogP contribution >= 0.6 is 12.4 Å². The van der Waals surface area contributed by atoms with Crippen molar-refractivity contribution in [2.24, 2.45) is 11.7 Å². The monoisotopic (exact) mass is 281 g/mol. The molecule has 1 fully saturated rings. The average molecular weight is 282 g/mol. The normalized spacial score (nSPS) is 16.9. The second-order valence-electron chi connectivity index (χ2n) is 4.36. The van der Waals surface area contributed by atoms with E-state index in [1.54, 1.807) is 6.07 Å². The fourth-order valence-corrected chi connectivity index (χ4v) is 1.82. The third-order valence-electron chi connectivity index (χ3n) is 3.01. The van der Waals surface area contributed by atoms with Crippen molar-refractivity contribution in [1.29, 1.82) is 0 Å². The van der Waals surface area contributed by atoms with Crippen LogP contribution in [0.3, 0.4) is 0 Å². The topological polar surface area (TPSA) is 35.2 Å². The Morgan fingerprint density at radius 3 is 2.33 bits per heavy atom. The third kappa shape index (κ3) is 3.29. The van der Waals surface area contributed by atoms with Gasteiger partial charge in [-0.05, 0) is 42.5 Å². The molecule has 2 nitrogen and oxygen atoms in total. The molecular formula is C12H15ClF3NO. The van der Waals surface area contributed by atoms with Gasteiger partial charge in [0.05, 0.1) is 12.7 Å². The quantitative estimate of drug-likeness (QED) is 0.920. The lowest BCUT2D eigenvalue weighted by atomic mass is 10.0. The van der Waals surface area contributed by atoms with Crippen LogP contribution in [0.25, 0.3) is 0 Å². The zero-order chi connectivity index (χ0) is 12.6. The third-order valence-corrected chi connectivity index (χ3v) is 3.01. The van der Waals surface area contributed by atoms with Crippen molar-refractivity contribution in [2.75, 3.05) is 7.11 Å². The SMILES string of the molecule is COc1cc([C@@H](N)C2CC2)cc(C(F)(F)F)c1.Cl. The minimum absolute atomic E-state index is 0. The van der Waals surface area contributed by atoms with Crippen LogP contribution in [0, 0.1) is 5.92 Å². The van der Waals surface area contributed by atoms with E-state index in [0.717, 1.165) is 25.0 Å². The number of rotatable bonds is 3. The van der Waals surface area contributed by atoms with Gasteiger partial charge in [-0.2, -0.15) is 13.2 Å². The molecule has 1 aliphatic carbocycles. The Balaban J connectivity index is 0.00000162. The van der Waals surface area contributed by atoms with Crippen molar-refractivity contribution in [3.8, 4) is 5.75 Å². The van der Waals surface area contributed by atoms with Crippen molar-refractivity contribution in [2.45, 2.75) is 25.1 Å². The number of alkyl halides is 3. The molecule has 2 N–H and O–H groups in total. The van der Waals surface area contributed by atoms with Crippen LogP contribution in [0.15, 0.2) is 18.2 Å². The van der Waals surface area contributed by atoms with E-state index in [4.69, 9.17) is 10.5 Å². The second kappa shape index (κ2) is 5.36. The van der Waals surface area contributed by atoms with Gasteiger partial charge in [0.2, 0.25) is 0 Å². The Labute approximate surface area is 110 Å². The maximum Gasteiger partial charge on any atom is 0.416 e. The fourth-order valence-electron chi connectivity index (χ4n) is 1.82. The van der Waals surface area contributed by atoms with Gasteiger partial charge in [-0.15, -0.1) is 12.4 Å². The Kier molecular flexibility index (Phi) is 4.50. The molecule has 0 bridgehead atoms. The van der Waals surface area contributed by atoms with Crippen LogP contribution in [-0.2, 0) is 6.18 Å². The summed E-state index contributed by atoms with van der Waals surface area (Å²) in [5.74, 6) is 0.508. The van der Waals surface area contributed by atoms with E-state index >= 15 is 0 Å². The smallest absolute Gasteiger partial charge is 0.416 e. The lowest BCUT2D eigenvalue weighted by molar-refractivity contribution is -0.137. The predicted molar refractivity (Wildman–Crippen MR) is 64.9 cm³/mol. The van der Waals surface area contributed by atoms with Gasteiger partial charge in [0.15, 0.2) is 0 Å². The zero-order valence-corrected chi connectivity index (χ0v) is 10.6. The van der Waals surface area contributed by atoms with Crippen LogP contribution in [0.5, 0.6) is 5.75 Å². The fraction of sp³-hybridized carbons (Fsp3) is 0.500. The van der Waals surface area contributed by atoms with E-state index in [1.807, 2.05) is 0 Å². The molecule has 0 heterocycles. The Morgan fingerprint density at radius 2 is 1.89 bits per heavy atom. The van der Waals surface area contributed by atoms with Gasteiger partial charge in [0.25, 0.3) is 0 Å². The summed E-state index contributed by atoms with van der Waals surface area (Å²) < 4.78 is 42.9. The van der Waals surface area contributed by atoms with E-state index in [1.165, 1.54) is 7.11 Å². The molecule has 2 rings (SSSR count). The van der Waals surface area contributed by atoms with Gasteiger partial charge < -0.3 is 10.5 Å². The molecule has 0 radical (unpaired) electrons. The number of nitrogens with two attached hydrogens (primary N) is 1. The highest BCUT2D eigenvalue weighted by molar-refractivity contribution is 5.85. The molecule has 1 atom stereocenters. The molecule has 0 aliphatic heterocycles. The van der Waals surface area contributed by atoms with Gasteiger partial charge in [0.1, 0.15) is 5.75 Å². The molecule has 0 spiro atoms.